The van der Waals surface area contributed by atoms with Crippen LogP contribution in [0.15, 0.2) is 24.3 Å². The van der Waals surface area contributed by atoms with Crippen molar-refractivity contribution in [2.75, 3.05) is 31.1 Å². The third kappa shape index (κ3) is 2.60. The van der Waals surface area contributed by atoms with Crippen LogP contribution in [0.5, 0.6) is 0 Å². The summed E-state index contributed by atoms with van der Waals surface area (Å²) in [6, 6.07) is 9.16. The summed E-state index contributed by atoms with van der Waals surface area (Å²) in [5, 5.41) is 1.16. The van der Waals surface area contributed by atoms with Crippen molar-refractivity contribution in [2.24, 2.45) is 0 Å². The van der Waals surface area contributed by atoms with Gasteiger partial charge in [-0.15, -0.1) is 0 Å². The normalized spacial score (nSPS) is 20.7. The first-order chi connectivity index (χ1) is 10.3. The van der Waals surface area contributed by atoms with Crippen LogP contribution in [-0.4, -0.2) is 47.1 Å². The molecule has 0 N–H and O–H groups in total. The molecule has 0 atom stereocenters. The highest BCUT2D eigenvalue weighted by atomic mass is 15.3. The van der Waals surface area contributed by atoms with E-state index < -0.39 is 0 Å². The minimum absolute atomic E-state index is 0.865. The molecule has 0 spiro atoms. The first-order valence-corrected chi connectivity index (χ1v) is 8.03. The summed E-state index contributed by atoms with van der Waals surface area (Å²) in [4.78, 5) is 14.5. The number of benzene rings is 1. The molecule has 21 heavy (non-hydrogen) atoms. The van der Waals surface area contributed by atoms with Gasteiger partial charge in [-0.3, -0.25) is 4.90 Å². The first kappa shape index (κ1) is 13.0. The van der Waals surface area contributed by atoms with Crippen LogP contribution in [0.25, 0.3) is 10.9 Å². The maximum absolute atomic E-state index is 4.78. The minimum Gasteiger partial charge on any atom is -0.339 e. The van der Waals surface area contributed by atoms with Crippen molar-refractivity contribution in [3.8, 4) is 0 Å². The van der Waals surface area contributed by atoms with Crippen LogP contribution in [0.4, 0.5) is 5.95 Å². The Balaban J connectivity index is 1.60. The average Bonchev–Trinajstić information content (AvgIpc) is 3.33. The van der Waals surface area contributed by atoms with Gasteiger partial charge in [-0.2, -0.15) is 0 Å². The number of aromatic nitrogens is 2. The summed E-state index contributed by atoms with van der Waals surface area (Å²) in [5.41, 5.74) is 2.14. The van der Waals surface area contributed by atoms with Crippen LogP contribution in [0.2, 0.25) is 0 Å². The van der Waals surface area contributed by atoms with Gasteiger partial charge >= 0.3 is 0 Å². The van der Waals surface area contributed by atoms with Gasteiger partial charge in [-0.25, -0.2) is 9.97 Å². The fraction of sp³-hybridized carbons (Fsp3) is 0.529. The lowest BCUT2D eigenvalue weighted by atomic mass is 10.2. The van der Waals surface area contributed by atoms with Gasteiger partial charge in [-0.05, 0) is 32.3 Å². The van der Waals surface area contributed by atoms with Crippen LogP contribution in [0, 0.1) is 6.92 Å². The third-order valence-corrected chi connectivity index (χ3v) is 4.66. The molecule has 0 radical (unpaired) electrons. The Kier molecular flexibility index (Phi) is 3.26. The van der Waals surface area contributed by atoms with E-state index in [1.54, 1.807) is 0 Å². The van der Waals surface area contributed by atoms with Crippen LogP contribution in [0.1, 0.15) is 25.0 Å². The molecule has 1 aromatic heterocycles. The SMILES string of the molecule is Cc1nc(N2CCCN(C3CC3)CC2)nc2ccccc12. The standard InChI is InChI=1S/C17H22N4/c1-13-15-5-2-3-6-16(15)19-17(18-13)21-10-4-9-20(11-12-21)14-7-8-14/h2-3,5-6,14H,4,7-12H2,1H3. The van der Waals surface area contributed by atoms with E-state index >= 15 is 0 Å². The second-order valence-corrected chi connectivity index (χ2v) is 6.23. The Labute approximate surface area is 125 Å². The largest absolute Gasteiger partial charge is 0.339 e. The zero-order chi connectivity index (χ0) is 14.2. The molecule has 2 aromatic rings. The van der Waals surface area contributed by atoms with Gasteiger partial charge in [0.05, 0.1) is 11.2 Å². The van der Waals surface area contributed by atoms with E-state index in [0.717, 1.165) is 48.2 Å². The van der Waals surface area contributed by atoms with Gasteiger partial charge in [0.15, 0.2) is 0 Å². The molecular weight excluding hydrogens is 260 g/mol. The van der Waals surface area contributed by atoms with E-state index in [0.29, 0.717) is 0 Å². The first-order valence-electron chi connectivity index (χ1n) is 8.03. The van der Waals surface area contributed by atoms with Crippen LogP contribution in [-0.2, 0) is 0 Å². The van der Waals surface area contributed by atoms with Crippen molar-refractivity contribution in [1.29, 1.82) is 0 Å². The summed E-state index contributed by atoms with van der Waals surface area (Å²) in [6.07, 6.45) is 4.00. The highest BCUT2D eigenvalue weighted by molar-refractivity contribution is 5.81. The summed E-state index contributed by atoms with van der Waals surface area (Å²) in [5.74, 6) is 0.906. The maximum atomic E-state index is 4.78. The van der Waals surface area contributed by atoms with E-state index in [1.807, 2.05) is 0 Å². The average molecular weight is 282 g/mol. The van der Waals surface area contributed by atoms with Gasteiger partial charge in [0.1, 0.15) is 0 Å². The number of para-hydroxylation sites is 1. The van der Waals surface area contributed by atoms with Crippen LogP contribution >= 0.6 is 0 Å². The summed E-state index contributed by atoms with van der Waals surface area (Å²) in [7, 11) is 0. The number of rotatable bonds is 2. The highest BCUT2D eigenvalue weighted by Crippen LogP contribution is 2.28. The van der Waals surface area contributed by atoms with Crippen molar-refractivity contribution in [3.05, 3.63) is 30.0 Å². The number of hydrogen-bond donors (Lipinski definition) is 0. The molecule has 4 rings (SSSR count). The number of hydrogen-bond acceptors (Lipinski definition) is 4. The Morgan fingerprint density at radius 3 is 2.71 bits per heavy atom. The fourth-order valence-corrected chi connectivity index (χ4v) is 3.30. The zero-order valence-electron chi connectivity index (χ0n) is 12.6. The van der Waals surface area contributed by atoms with Crippen molar-refractivity contribution in [2.45, 2.75) is 32.2 Å². The smallest absolute Gasteiger partial charge is 0.226 e. The Hall–Kier alpha value is -1.68. The summed E-state index contributed by atoms with van der Waals surface area (Å²) < 4.78 is 0. The second-order valence-electron chi connectivity index (χ2n) is 6.23. The third-order valence-electron chi connectivity index (χ3n) is 4.66. The van der Waals surface area contributed by atoms with Crippen LogP contribution < -0.4 is 4.90 Å². The zero-order valence-corrected chi connectivity index (χ0v) is 12.6. The van der Waals surface area contributed by atoms with E-state index in [-0.39, 0.29) is 0 Å². The Morgan fingerprint density at radius 2 is 1.86 bits per heavy atom. The van der Waals surface area contributed by atoms with E-state index in [1.165, 1.54) is 25.8 Å². The maximum Gasteiger partial charge on any atom is 0.226 e. The van der Waals surface area contributed by atoms with Crippen LogP contribution in [0.3, 0.4) is 0 Å². The molecule has 2 heterocycles. The molecule has 1 saturated carbocycles. The highest BCUT2D eigenvalue weighted by Gasteiger charge is 2.30. The molecule has 0 amide bonds. The molecule has 1 aliphatic heterocycles. The molecule has 1 saturated heterocycles. The monoisotopic (exact) mass is 282 g/mol. The molecule has 4 nitrogen and oxygen atoms in total. The molecular formula is C17H22N4. The minimum atomic E-state index is 0.865. The molecule has 1 aliphatic carbocycles. The van der Waals surface area contributed by atoms with Gasteiger partial charge in [0.25, 0.3) is 0 Å². The summed E-state index contributed by atoms with van der Waals surface area (Å²) >= 11 is 0. The molecule has 4 heteroatoms. The van der Waals surface area contributed by atoms with Crippen molar-refractivity contribution < 1.29 is 0 Å². The lowest BCUT2D eigenvalue weighted by molar-refractivity contribution is 0.283. The molecule has 0 unspecified atom stereocenters. The fourth-order valence-electron chi connectivity index (χ4n) is 3.30. The molecule has 0 bridgehead atoms. The predicted molar refractivity (Wildman–Crippen MR) is 85.7 cm³/mol. The van der Waals surface area contributed by atoms with Gasteiger partial charge in [0, 0.05) is 37.6 Å². The van der Waals surface area contributed by atoms with E-state index in [9.17, 15) is 0 Å². The Bertz CT molecular complexity index is 650. The number of anilines is 1. The van der Waals surface area contributed by atoms with E-state index in [4.69, 9.17) is 9.97 Å². The number of aryl methyl sites for hydroxylation is 1. The molecule has 2 aliphatic rings. The van der Waals surface area contributed by atoms with E-state index in [2.05, 4.69) is 41.0 Å². The molecule has 110 valence electrons. The van der Waals surface area contributed by atoms with Crippen molar-refractivity contribution >= 4 is 16.9 Å². The van der Waals surface area contributed by atoms with Crippen molar-refractivity contribution in [3.63, 3.8) is 0 Å². The van der Waals surface area contributed by atoms with Crippen molar-refractivity contribution in [1.82, 2.24) is 14.9 Å². The predicted octanol–water partition coefficient (Wildman–Crippen LogP) is 2.61. The molecule has 2 fully saturated rings. The Morgan fingerprint density at radius 1 is 1.00 bits per heavy atom. The second kappa shape index (κ2) is 5.26. The number of fused-ring (bicyclic) bond motifs is 1. The lowest BCUT2D eigenvalue weighted by Gasteiger charge is -2.22. The quantitative estimate of drug-likeness (QED) is 0.847. The topological polar surface area (TPSA) is 32.3 Å². The van der Waals surface area contributed by atoms with Gasteiger partial charge in [0.2, 0.25) is 5.95 Å². The van der Waals surface area contributed by atoms with Gasteiger partial charge in [-0.1, -0.05) is 18.2 Å². The van der Waals surface area contributed by atoms with Gasteiger partial charge < -0.3 is 4.90 Å². The summed E-state index contributed by atoms with van der Waals surface area (Å²) in [6.45, 7) is 6.59. The molecule has 1 aromatic carbocycles. The number of nitrogens with zero attached hydrogens (tertiary/aromatic N) is 4. The lowest BCUT2D eigenvalue weighted by Crippen LogP contribution is -2.32.